The molecular weight excluding hydrogens is 389 g/mol. The zero-order valence-corrected chi connectivity index (χ0v) is 15.3. The highest BCUT2D eigenvalue weighted by atomic mass is 19.4. The number of fused-ring (bicyclic) bond motifs is 1. The molecule has 7 nitrogen and oxygen atoms in total. The average Bonchev–Trinajstić information content (AvgIpc) is 2.68. The summed E-state index contributed by atoms with van der Waals surface area (Å²) in [5.74, 6) is -0.549. The molecule has 0 aliphatic heterocycles. The number of benzene rings is 1. The van der Waals surface area contributed by atoms with Crippen LogP contribution in [0.2, 0.25) is 0 Å². The number of hydrogen-bond acceptors (Lipinski definition) is 4. The molecule has 3 rings (SSSR count). The molecule has 0 unspecified atom stereocenters. The molecule has 2 aromatic heterocycles. The van der Waals surface area contributed by atoms with Crippen LogP contribution in [0.25, 0.3) is 11.0 Å². The molecule has 0 spiro atoms. The van der Waals surface area contributed by atoms with Gasteiger partial charge in [-0.1, -0.05) is 19.1 Å². The van der Waals surface area contributed by atoms with Crippen LogP contribution in [0.1, 0.15) is 34.8 Å². The van der Waals surface area contributed by atoms with E-state index in [2.05, 4.69) is 15.3 Å². The Morgan fingerprint density at radius 3 is 2.52 bits per heavy atom. The van der Waals surface area contributed by atoms with E-state index in [-0.39, 0.29) is 23.1 Å². The smallest absolute Gasteiger partial charge is 0.348 e. The highest BCUT2D eigenvalue weighted by molar-refractivity contribution is 5.96. The van der Waals surface area contributed by atoms with Crippen molar-refractivity contribution in [1.82, 2.24) is 19.9 Å². The number of alkyl halides is 3. The van der Waals surface area contributed by atoms with Gasteiger partial charge >= 0.3 is 11.9 Å². The third kappa shape index (κ3) is 4.36. The first-order chi connectivity index (χ1) is 13.7. The lowest BCUT2D eigenvalue weighted by Gasteiger charge is -2.10. The predicted octanol–water partition coefficient (Wildman–Crippen LogP) is 2.44. The molecule has 0 fully saturated rings. The van der Waals surface area contributed by atoms with Crippen LogP contribution in [0.4, 0.5) is 13.2 Å². The molecular formula is C19H17F3N4O3. The Labute approximate surface area is 162 Å². The van der Waals surface area contributed by atoms with Gasteiger partial charge in [0.2, 0.25) is 0 Å². The number of nitrogens with zero attached hydrogens (tertiary/aromatic N) is 2. The van der Waals surface area contributed by atoms with E-state index in [0.717, 1.165) is 12.1 Å². The second-order valence-corrected chi connectivity index (χ2v) is 6.38. The number of halogens is 3. The lowest BCUT2D eigenvalue weighted by Crippen LogP contribution is -2.31. The number of rotatable bonds is 5. The van der Waals surface area contributed by atoms with Crippen molar-refractivity contribution in [1.29, 1.82) is 0 Å². The second-order valence-electron chi connectivity index (χ2n) is 6.38. The Morgan fingerprint density at radius 2 is 1.90 bits per heavy atom. The number of aromatic amines is 1. The topological polar surface area (TPSA) is 96.9 Å². The molecule has 29 heavy (non-hydrogen) atoms. The van der Waals surface area contributed by atoms with Crippen LogP contribution in [0.3, 0.4) is 0 Å². The minimum absolute atomic E-state index is 0.000692. The van der Waals surface area contributed by atoms with Crippen molar-refractivity contribution >= 4 is 16.9 Å². The second kappa shape index (κ2) is 7.90. The van der Waals surface area contributed by atoms with E-state index in [0.29, 0.717) is 18.5 Å². The molecule has 0 atom stereocenters. The van der Waals surface area contributed by atoms with E-state index in [4.69, 9.17) is 0 Å². The third-order valence-corrected chi connectivity index (χ3v) is 4.28. The number of pyridine rings is 1. The number of carbonyl (C=O) groups excluding carboxylic acids is 1. The fourth-order valence-electron chi connectivity index (χ4n) is 2.82. The number of H-pyrrole nitrogens is 1. The predicted molar refractivity (Wildman–Crippen MR) is 99.5 cm³/mol. The SMILES string of the molecule is CCCn1c(=O)[nH]c(=O)c2cc(C(=O)NCc3ccc(C(F)(F)F)cc3)cnc21. The molecule has 0 aliphatic rings. The Bertz CT molecular complexity index is 1160. The number of aromatic nitrogens is 3. The van der Waals surface area contributed by atoms with Crippen LogP contribution in [-0.4, -0.2) is 20.4 Å². The summed E-state index contributed by atoms with van der Waals surface area (Å²) in [5, 5.41) is 2.67. The zero-order chi connectivity index (χ0) is 21.2. The van der Waals surface area contributed by atoms with E-state index in [1.54, 1.807) is 0 Å². The minimum atomic E-state index is -4.43. The number of hydrogen-bond donors (Lipinski definition) is 2. The van der Waals surface area contributed by atoms with E-state index < -0.39 is 28.9 Å². The van der Waals surface area contributed by atoms with Gasteiger partial charge in [0, 0.05) is 19.3 Å². The van der Waals surface area contributed by atoms with Crippen molar-refractivity contribution in [3.05, 3.63) is 74.1 Å². The molecule has 0 saturated carbocycles. The molecule has 10 heteroatoms. The lowest BCUT2D eigenvalue weighted by atomic mass is 10.1. The van der Waals surface area contributed by atoms with Crippen molar-refractivity contribution in [2.45, 2.75) is 32.6 Å². The molecule has 2 heterocycles. The van der Waals surface area contributed by atoms with Crippen LogP contribution in [-0.2, 0) is 19.3 Å². The standard InChI is InChI=1S/C19H17F3N4O3/c1-2-7-26-15-14(17(28)25-18(26)29)8-12(10-23-15)16(27)24-9-11-3-5-13(6-4-11)19(20,21)22/h3-6,8,10H,2,7,9H2,1H3,(H,24,27)(H,25,28,29). The van der Waals surface area contributed by atoms with E-state index in [1.807, 2.05) is 6.92 Å². The summed E-state index contributed by atoms with van der Waals surface area (Å²) in [6, 6.07) is 5.75. The minimum Gasteiger partial charge on any atom is -0.348 e. The Hall–Kier alpha value is -3.43. The van der Waals surface area contributed by atoms with Gasteiger partial charge in [-0.25, -0.2) is 9.78 Å². The Balaban J connectivity index is 1.81. The van der Waals surface area contributed by atoms with Crippen LogP contribution in [0, 0.1) is 0 Å². The van der Waals surface area contributed by atoms with Gasteiger partial charge in [0.15, 0.2) is 0 Å². The van der Waals surface area contributed by atoms with Gasteiger partial charge in [-0.05, 0) is 30.2 Å². The van der Waals surface area contributed by atoms with E-state index in [1.165, 1.54) is 29.0 Å². The normalized spacial score (nSPS) is 11.6. The van der Waals surface area contributed by atoms with Crippen molar-refractivity contribution < 1.29 is 18.0 Å². The average molecular weight is 406 g/mol. The highest BCUT2D eigenvalue weighted by Gasteiger charge is 2.29. The molecule has 3 aromatic rings. The maximum Gasteiger partial charge on any atom is 0.416 e. The first kappa shape index (κ1) is 20.3. The number of aryl methyl sites for hydroxylation is 1. The van der Waals surface area contributed by atoms with Crippen LogP contribution in [0.15, 0.2) is 46.1 Å². The highest BCUT2D eigenvalue weighted by Crippen LogP contribution is 2.29. The van der Waals surface area contributed by atoms with Crippen molar-refractivity contribution in [3.63, 3.8) is 0 Å². The van der Waals surface area contributed by atoms with Gasteiger partial charge in [-0.2, -0.15) is 13.2 Å². The summed E-state index contributed by atoms with van der Waals surface area (Å²) in [7, 11) is 0. The van der Waals surface area contributed by atoms with Crippen LogP contribution in [0.5, 0.6) is 0 Å². The molecule has 0 bridgehead atoms. The molecule has 0 saturated heterocycles. The van der Waals surface area contributed by atoms with Gasteiger partial charge < -0.3 is 5.32 Å². The summed E-state index contributed by atoms with van der Waals surface area (Å²) < 4.78 is 39.1. The number of carbonyl (C=O) groups is 1. The molecule has 2 N–H and O–H groups in total. The summed E-state index contributed by atoms with van der Waals surface area (Å²) >= 11 is 0. The van der Waals surface area contributed by atoms with Gasteiger partial charge in [-0.3, -0.25) is 19.1 Å². The lowest BCUT2D eigenvalue weighted by molar-refractivity contribution is -0.137. The molecule has 152 valence electrons. The summed E-state index contributed by atoms with van der Waals surface area (Å²) in [6.07, 6.45) is -2.53. The fraction of sp³-hybridized carbons (Fsp3) is 0.263. The molecule has 0 aliphatic carbocycles. The van der Waals surface area contributed by atoms with Gasteiger partial charge in [-0.15, -0.1) is 0 Å². The zero-order valence-electron chi connectivity index (χ0n) is 15.3. The van der Waals surface area contributed by atoms with Crippen molar-refractivity contribution in [2.75, 3.05) is 0 Å². The first-order valence-electron chi connectivity index (χ1n) is 8.78. The molecule has 0 radical (unpaired) electrons. The molecule has 1 aromatic carbocycles. The number of amides is 1. The summed E-state index contributed by atoms with van der Waals surface area (Å²) in [5.41, 5.74) is -1.24. The van der Waals surface area contributed by atoms with Gasteiger partial charge in [0.05, 0.1) is 16.5 Å². The van der Waals surface area contributed by atoms with Gasteiger partial charge in [0.1, 0.15) is 5.65 Å². The summed E-state index contributed by atoms with van der Waals surface area (Å²) in [4.78, 5) is 42.7. The monoisotopic (exact) mass is 406 g/mol. The van der Waals surface area contributed by atoms with E-state index >= 15 is 0 Å². The van der Waals surface area contributed by atoms with Crippen molar-refractivity contribution in [2.24, 2.45) is 0 Å². The largest absolute Gasteiger partial charge is 0.416 e. The number of nitrogens with one attached hydrogen (secondary N) is 2. The molecule has 1 amide bonds. The quantitative estimate of drug-likeness (QED) is 0.680. The van der Waals surface area contributed by atoms with E-state index in [9.17, 15) is 27.6 Å². The first-order valence-corrected chi connectivity index (χ1v) is 8.78. The maximum atomic E-state index is 12.6. The Morgan fingerprint density at radius 1 is 1.21 bits per heavy atom. The van der Waals surface area contributed by atoms with Gasteiger partial charge in [0.25, 0.3) is 11.5 Å². The van der Waals surface area contributed by atoms with Crippen LogP contribution < -0.4 is 16.6 Å². The summed E-state index contributed by atoms with van der Waals surface area (Å²) in [6.45, 7) is 2.23. The Kier molecular flexibility index (Phi) is 5.53. The maximum absolute atomic E-state index is 12.6. The van der Waals surface area contributed by atoms with Crippen LogP contribution >= 0.6 is 0 Å². The van der Waals surface area contributed by atoms with Crippen molar-refractivity contribution in [3.8, 4) is 0 Å². The fourth-order valence-corrected chi connectivity index (χ4v) is 2.82. The third-order valence-electron chi connectivity index (χ3n) is 4.28.